The SMILES string of the molecule is [2H]c1c([2H])c([2H])c(-c2c([2H])c([2H])c([2H])c(-c3c([2H])c([2H])c([2H])c4c3sc3c([2H])c(-c5nc(-c6ccccc6)nc(-c6cccc7c6sc6ccccc67)n5)c([2H])c([2H])c34)c2[2H])c([2H])c1[2H]. The van der Waals surface area contributed by atoms with Gasteiger partial charge in [-0.3, -0.25) is 0 Å². The van der Waals surface area contributed by atoms with E-state index in [2.05, 4.69) is 0 Å². The normalized spacial score (nSPS) is 15.8. The zero-order chi connectivity index (χ0) is 46.1. The van der Waals surface area contributed by atoms with E-state index in [1.165, 1.54) is 0 Å². The Labute approximate surface area is 317 Å². The predicted octanol–water partition coefficient (Wildman–Crippen LogP) is 12.9. The smallest absolute Gasteiger partial charge is 0.165 e. The zero-order valence-electron chi connectivity index (χ0n) is 40.6. The molecule has 0 atom stereocenters. The van der Waals surface area contributed by atoms with Gasteiger partial charge in [-0.15, -0.1) is 22.7 Å². The summed E-state index contributed by atoms with van der Waals surface area (Å²) in [5.74, 6) is 0.411. The Bertz CT molecular complexity index is 3710. The monoisotopic (exact) mass is 688 g/mol. The van der Waals surface area contributed by atoms with Gasteiger partial charge in [-0.05, 0) is 46.5 Å². The van der Waals surface area contributed by atoms with Crippen molar-refractivity contribution in [3.05, 3.63) is 163 Å². The third kappa shape index (κ3) is 4.90. The summed E-state index contributed by atoms with van der Waals surface area (Å²) in [7, 11) is 0. The summed E-state index contributed by atoms with van der Waals surface area (Å²) in [5.41, 5.74) is -0.787. The van der Waals surface area contributed by atoms with Crippen LogP contribution in [0.15, 0.2) is 163 Å². The topological polar surface area (TPSA) is 38.7 Å². The molecule has 0 fully saturated rings. The van der Waals surface area contributed by atoms with Crippen LogP contribution in [0.5, 0.6) is 0 Å². The third-order valence-corrected chi connectivity index (χ3v) is 10.6. The molecule has 0 aliphatic rings. The van der Waals surface area contributed by atoms with E-state index in [1.807, 2.05) is 72.8 Å². The molecule has 0 radical (unpaired) electrons. The van der Waals surface area contributed by atoms with Gasteiger partial charge < -0.3 is 0 Å². The van der Waals surface area contributed by atoms with Crippen LogP contribution in [0.3, 0.4) is 0 Å². The predicted molar refractivity (Wildman–Crippen MR) is 213 cm³/mol. The first kappa shape index (κ1) is 17.6. The van der Waals surface area contributed by atoms with Crippen LogP contribution in [0.1, 0.15) is 20.6 Å². The van der Waals surface area contributed by atoms with E-state index < -0.39 is 101 Å². The van der Waals surface area contributed by atoms with Crippen LogP contribution in [0.4, 0.5) is 0 Å². The van der Waals surface area contributed by atoms with Crippen molar-refractivity contribution in [2.45, 2.75) is 0 Å². The molecule has 234 valence electrons. The maximum Gasteiger partial charge on any atom is 0.165 e. The third-order valence-electron chi connectivity index (χ3n) is 8.22. The summed E-state index contributed by atoms with van der Waals surface area (Å²) in [6, 6.07) is 13.0. The summed E-state index contributed by atoms with van der Waals surface area (Å²) in [4.78, 5) is 14.5. The van der Waals surface area contributed by atoms with Crippen molar-refractivity contribution < 1.29 is 20.6 Å². The molecule has 0 unspecified atom stereocenters. The minimum absolute atomic E-state index is 0.0339. The van der Waals surface area contributed by atoms with Crippen molar-refractivity contribution in [3.8, 4) is 56.4 Å². The van der Waals surface area contributed by atoms with Crippen molar-refractivity contribution in [2.24, 2.45) is 0 Å². The van der Waals surface area contributed by atoms with Crippen LogP contribution in [0.2, 0.25) is 0 Å². The summed E-state index contributed by atoms with van der Waals surface area (Å²) in [6.07, 6.45) is 0. The molecule has 0 aliphatic heterocycles. The van der Waals surface area contributed by atoms with Crippen LogP contribution < -0.4 is 0 Å². The second-order valence-electron chi connectivity index (χ2n) is 11.2. The highest BCUT2D eigenvalue weighted by molar-refractivity contribution is 7.26. The molecule has 0 saturated carbocycles. The molecule has 5 heteroatoms. The number of fused-ring (bicyclic) bond motifs is 6. The Morgan fingerprint density at radius 2 is 1.08 bits per heavy atom. The molecule has 0 saturated heterocycles. The fraction of sp³-hybridized carbons (Fsp3) is 0. The van der Waals surface area contributed by atoms with E-state index in [4.69, 9.17) is 30.0 Å². The van der Waals surface area contributed by atoms with E-state index in [0.717, 1.165) is 31.5 Å². The molecule has 0 N–H and O–H groups in total. The molecule has 0 aliphatic carbocycles. The Hall–Kier alpha value is -6.01. The van der Waals surface area contributed by atoms with Gasteiger partial charge in [-0.2, -0.15) is 0 Å². The van der Waals surface area contributed by atoms with Gasteiger partial charge in [0.15, 0.2) is 17.5 Å². The summed E-state index contributed by atoms with van der Waals surface area (Å²) < 4.78 is 135. The van der Waals surface area contributed by atoms with E-state index in [-0.39, 0.29) is 54.8 Å². The van der Waals surface area contributed by atoms with Crippen molar-refractivity contribution in [3.63, 3.8) is 0 Å². The van der Waals surface area contributed by atoms with Gasteiger partial charge >= 0.3 is 0 Å². The first-order chi connectivity index (χ1) is 31.0. The second-order valence-corrected chi connectivity index (χ2v) is 13.3. The highest BCUT2D eigenvalue weighted by Crippen LogP contribution is 2.43. The quantitative estimate of drug-likeness (QED) is 0.181. The molecule has 3 aromatic heterocycles. The molecular weight excluding hydrogens is 647 g/mol. The maximum absolute atomic E-state index is 9.68. The van der Waals surface area contributed by atoms with E-state index in [9.17, 15) is 5.48 Å². The molecule has 3 nitrogen and oxygen atoms in total. The lowest BCUT2D eigenvalue weighted by molar-refractivity contribution is 1.08. The van der Waals surface area contributed by atoms with E-state index in [0.29, 0.717) is 11.1 Å². The number of hydrogen-bond acceptors (Lipinski definition) is 5. The molecule has 0 spiro atoms. The van der Waals surface area contributed by atoms with Crippen molar-refractivity contribution >= 4 is 63.0 Å². The van der Waals surface area contributed by atoms with Crippen molar-refractivity contribution in [2.75, 3.05) is 0 Å². The molecule has 10 aromatic rings. The molecule has 3 heterocycles. The van der Waals surface area contributed by atoms with Crippen LogP contribution in [-0.2, 0) is 0 Å². The van der Waals surface area contributed by atoms with Gasteiger partial charge in [0.1, 0.15) is 0 Å². The number of rotatable bonds is 5. The number of hydrogen-bond donors (Lipinski definition) is 0. The average molecular weight is 689 g/mol. The lowest BCUT2D eigenvalue weighted by Gasteiger charge is -2.09. The standard InChI is InChI=1S/C45H27N3S2/c1-3-12-28(13-4-1)30-16-9-17-31(26-30)33-19-10-20-37-35-25-24-32(27-40(35)50-41(33)37)44-46-43(29-14-5-2-6-15-29)47-45(48-44)38-22-11-21-36-34-18-7-8-23-39(34)49-42(36)38/h1-27H/i1D,3D,4D,9D,10D,12D,13D,16D,17D,19D,20D,24D,25D,26D,27D. The first-order valence-corrected chi connectivity index (χ1v) is 17.0. The van der Waals surface area contributed by atoms with Gasteiger partial charge in [0.2, 0.25) is 0 Å². The van der Waals surface area contributed by atoms with Gasteiger partial charge in [-0.1, -0.05) is 139 Å². The summed E-state index contributed by atoms with van der Waals surface area (Å²) >= 11 is 2.37. The Morgan fingerprint density at radius 1 is 0.380 bits per heavy atom. The van der Waals surface area contributed by atoms with Crippen LogP contribution in [0.25, 0.3) is 96.8 Å². The molecule has 50 heavy (non-hydrogen) atoms. The lowest BCUT2D eigenvalue weighted by atomic mass is 9.98. The Kier molecular flexibility index (Phi) is 4.17. The number of benzene rings is 7. The highest BCUT2D eigenvalue weighted by Gasteiger charge is 2.18. The fourth-order valence-electron chi connectivity index (χ4n) is 5.92. The van der Waals surface area contributed by atoms with Gasteiger partial charge in [0.05, 0.1) is 20.6 Å². The van der Waals surface area contributed by atoms with Crippen LogP contribution >= 0.6 is 22.7 Å². The molecule has 10 rings (SSSR count). The Balaban J connectivity index is 1.27. The summed E-state index contributed by atoms with van der Waals surface area (Å²) in [5, 5.41) is 1.84. The fourth-order valence-corrected chi connectivity index (χ4v) is 8.26. The van der Waals surface area contributed by atoms with Crippen molar-refractivity contribution in [1.82, 2.24) is 15.0 Å². The first-order valence-electron chi connectivity index (χ1n) is 22.9. The Morgan fingerprint density at radius 3 is 1.98 bits per heavy atom. The van der Waals surface area contributed by atoms with Gasteiger partial charge in [0, 0.05) is 57.0 Å². The van der Waals surface area contributed by atoms with Crippen molar-refractivity contribution in [1.29, 1.82) is 0 Å². The number of thiophene rings is 2. The minimum Gasteiger partial charge on any atom is -0.208 e. The molecule has 0 bridgehead atoms. The highest BCUT2D eigenvalue weighted by atomic mass is 32.1. The minimum atomic E-state index is -0.794. The van der Waals surface area contributed by atoms with Gasteiger partial charge in [-0.25, -0.2) is 15.0 Å². The average Bonchev–Trinajstić information content (AvgIpc) is 3.90. The van der Waals surface area contributed by atoms with E-state index >= 15 is 0 Å². The molecule has 0 amide bonds. The molecule has 7 aromatic carbocycles. The van der Waals surface area contributed by atoms with Gasteiger partial charge in [0.25, 0.3) is 0 Å². The largest absolute Gasteiger partial charge is 0.208 e. The zero-order valence-corrected chi connectivity index (χ0v) is 27.2. The number of nitrogens with zero attached hydrogens (tertiary/aromatic N) is 3. The van der Waals surface area contributed by atoms with Crippen LogP contribution in [-0.4, -0.2) is 15.0 Å². The van der Waals surface area contributed by atoms with Crippen LogP contribution in [0, 0.1) is 0 Å². The van der Waals surface area contributed by atoms with E-state index in [1.54, 1.807) is 11.3 Å². The lowest BCUT2D eigenvalue weighted by Crippen LogP contribution is -2.00. The second kappa shape index (κ2) is 11.8. The molecular formula is C45H27N3S2. The number of aromatic nitrogens is 3. The summed E-state index contributed by atoms with van der Waals surface area (Å²) in [6.45, 7) is 0. The maximum atomic E-state index is 9.68.